The van der Waals surface area contributed by atoms with E-state index in [9.17, 15) is 0 Å². The molecule has 1 aromatic carbocycles. The van der Waals surface area contributed by atoms with Gasteiger partial charge in [-0.25, -0.2) is 0 Å². The van der Waals surface area contributed by atoms with Crippen molar-refractivity contribution >= 4 is 5.69 Å². The number of hydrogen-bond acceptors (Lipinski definition) is 2. The highest BCUT2D eigenvalue weighted by molar-refractivity contribution is 5.48. The number of benzene rings is 1. The zero-order valence-electron chi connectivity index (χ0n) is 10.3. The van der Waals surface area contributed by atoms with Crippen molar-refractivity contribution in [3.05, 3.63) is 29.3 Å². The predicted octanol–water partition coefficient (Wildman–Crippen LogP) is 3.14. The Bertz CT molecular complexity index is 322. The van der Waals surface area contributed by atoms with E-state index in [1.807, 2.05) is 0 Å². The van der Waals surface area contributed by atoms with Crippen LogP contribution in [0.25, 0.3) is 0 Å². The van der Waals surface area contributed by atoms with E-state index in [1.54, 1.807) is 0 Å². The van der Waals surface area contributed by atoms with Gasteiger partial charge in [0.05, 0.1) is 6.61 Å². The SMILES string of the molecule is Cc1cc(C)cc(NCC2CCCOC2)c1. The van der Waals surface area contributed by atoms with Gasteiger partial charge in [-0.3, -0.25) is 0 Å². The molecule has 1 aliphatic rings. The van der Waals surface area contributed by atoms with Crippen LogP contribution in [0.3, 0.4) is 0 Å². The van der Waals surface area contributed by atoms with Gasteiger partial charge in [0.1, 0.15) is 0 Å². The first-order valence-corrected chi connectivity index (χ1v) is 6.14. The van der Waals surface area contributed by atoms with Gasteiger partial charge < -0.3 is 10.1 Å². The van der Waals surface area contributed by atoms with Gasteiger partial charge >= 0.3 is 0 Å². The summed E-state index contributed by atoms with van der Waals surface area (Å²) in [6.45, 7) is 7.17. The van der Waals surface area contributed by atoms with Crippen LogP contribution in [0.4, 0.5) is 5.69 Å². The molecule has 1 fully saturated rings. The second-order valence-electron chi connectivity index (χ2n) is 4.84. The second kappa shape index (κ2) is 5.35. The molecule has 2 heteroatoms. The fraction of sp³-hybridized carbons (Fsp3) is 0.571. The zero-order valence-corrected chi connectivity index (χ0v) is 10.3. The van der Waals surface area contributed by atoms with E-state index < -0.39 is 0 Å². The van der Waals surface area contributed by atoms with Crippen molar-refractivity contribution in [2.75, 3.05) is 25.1 Å². The van der Waals surface area contributed by atoms with Crippen LogP contribution in [-0.4, -0.2) is 19.8 Å². The largest absolute Gasteiger partial charge is 0.385 e. The zero-order chi connectivity index (χ0) is 11.4. The quantitative estimate of drug-likeness (QED) is 0.843. The molecule has 0 radical (unpaired) electrons. The van der Waals surface area contributed by atoms with Gasteiger partial charge in [0, 0.05) is 18.8 Å². The summed E-state index contributed by atoms with van der Waals surface area (Å²) in [5.41, 5.74) is 3.88. The highest BCUT2D eigenvalue weighted by atomic mass is 16.5. The second-order valence-corrected chi connectivity index (χ2v) is 4.84. The van der Waals surface area contributed by atoms with Crippen LogP contribution in [0.5, 0.6) is 0 Å². The van der Waals surface area contributed by atoms with Crippen LogP contribution < -0.4 is 5.32 Å². The molecule has 1 N–H and O–H groups in total. The number of hydrogen-bond donors (Lipinski definition) is 1. The number of aryl methyl sites for hydroxylation is 2. The maximum absolute atomic E-state index is 5.48. The fourth-order valence-electron chi connectivity index (χ4n) is 2.31. The summed E-state index contributed by atoms with van der Waals surface area (Å²) >= 11 is 0. The van der Waals surface area contributed by atoms with Gasteiger partial charge in [-0.15, -0.1) is 0 Å². The lowest BCUT2D eigenvalue weighted by molar-refractivity contribution is 0.0595. The first kappa shape index (κ1) is 11.5. The van der Waals surface area contributed by atoms with Gasteiger partial charge in [0.25, 0.3) is 0 Å². The molecule has 1 aliphatic heterocycles. The number of anilines is 1. The summed E-state index contributed by atoms with van der Waals surface area (Å²) < 4.78 is 5.48. The predicted molar refractivity (Wildman–Crippen MR) is 67.9 cm³/mol. The molecular weight excluding hydrogens is 198 g/mol. The van der Waals surface area contributed by atoms with E-state index in [0.717, 1.165) is 19.8 Å². The summed E-state index contributed by atoms with van der Waals surface area (Å²) in [6.07, 6.45) is 2.50. The minimum absolute atomic E-state index is 0.676. The van der Waals surface area contributed by atoms with Crippen molar-refractivity contribution in [3.8, 4) is 0 Å². The molecule has 0 spiro atoms. The van der Waals surface area contributed by atoms with Gasteiger partial charge in [0.15, 0.2) is 0 Å². The van der Waals surface area contributed by atoms with E-state index in [-0.39, 0.29) is 0 Å². The van der Waals surface area contributed by atoms with E-state index in [0.29, 0.717) is 5.92 Å². The maximum Gasteiger partial charge on any atom is 0.0511 e. The van der Waals surface area contributed by atoms with Crippen molar-refractivity contribution < 1.29 is 4.74 Å². The summed E-state index contributed by atoms with van der Waals surface area (Å²) in [5, 5.41) is 3.52. The third kappa shape index (κ3) is 3.24. The molecule has 1 atom stereocenters. The van der Waals surface area contributed by atoms with Gasteiger partial charge in [-0.2, -0.15) is 0 Å². The lowest BCUT2D eigenvalue weighted by Gasteiger charge is -2.22. The Hall–Kier alpha value is -1.02. The molecule has 1 unspecified atom stereocenters. The summed E-state index contributed by atoms with van der Waals surface area (Å²) in [5.74, 6) is 0.676. The monoisotopic (exact) mass is 219 g/mol. The Kier molecular flexibility index (Phi) is 3.83. The molecular formula is C14H21NO. The Morgan fingerprint density at radius 2 is 2.00 bits per heavy atom. The fourth-order valence-corrected chi connectivity index (χ4v) is 2.31. The maximum atomic E-state index is 5.48. The molecule has 2 nitrogen and oxygen atoms in total. The highest BCUT2D eigenvalue weighted by Gasteiger charge is 2.13. The van der Waals surface area contributed by atoms with Crippen LogP contribution >= 0.6 is 0 Å². The third-order valence-electron chi connectivity index (χ3n) is 3.07. The van der Waals surface area contributed by atoms with Crippen molar-refractivity contribution in [3.63, 3.8) is 0 Å². The molecule has 16 heavy (non-hydrogen) atoms. The molecule has 88 valence electrons. The lowest BCUT2D eigenvalue weighted by atomic mass is 10.0. The van der Waals surface area contributed by atoms with Crippen LogP contribution in [0.15, 0.2) is 18.2 Å². The minimum atomic E-state index is 0.676. The van der Waals surface area contributed by atoms with E-state index >= 15 is 0 Å². The molecule has 1 saturated heterocycles. The molecule has 1 aromatic rings. The Morgan fingerprint density at radius 1 is 1.25 bits per heavy atom. The average molecular weight is 219 g/mol. The molecule has 0 bridgehead atoms. The topological polar surface area (TPSA) is 21.3 Å². The standard InChI is InChI=1S/C14H21NO/c1-11-6-12(2)8-14(7-11)15-9-13-4-3-5-16-10-13/h6-8,13,15H,3-5,9-10H2,1-2H3. The van der Waals surface area contributed by atoms with Crippen molar-refractivity contribution in [1.82, 2.24) is 0 Å². The summed E-state index contributed by atoms with van der Waals surface area (Å²) in [7, 11) is 0. The Morgan fingerprint density at radius 3 is 2.62 bits per heavy atom. The van der Waals surface area contributed by atoms with Crippen LogP contribution in [-0.2, 0) is 4.74 Å². The molecule has 0 saturated carbocycles. The molecule has 1 heterocycles. The molecule has 2 rings (SSSR count). The van der Waals surface area contributed by atoms with E-state index in [2.05, 4.69) is 37.4 Å². The molecule has 0 aromatic heterocycles. The summed E-state index contributed by atoms with van der Waals surface area (Å²) in [4.78, 5) is 0. The van der Waals surface area contributed by atoms with Crippen molar-refractivity contribution in [2.45, 2.75) is 26.7 Å². The van der Waals surface area contributed by atoms with E-state index in [4.69, 9.17) is 4.74 Å². The van der Waals surface area contributed by atoms with Crippen molar-refractivity contribution in [1.29, 1.82) is 0 Å². The Balaban J connectivity index is 1.88. The number of ether oxygens (including phenoxy) is 1. The summed E-state index contributed by atoms with van der Waals surface area (Å²) in [6, 6.07) is 6.61. The van der Waals surface area contributed by atoms with Gasteiger partial charge in [-0.1, -0.05) is 6.07 Å². The minimum Gasteiger partial charge on any atom is -0.385 e. The first-order valence-electron chi connectivity index (χ1n) is 6.14. The smallest absolute Gasteiger partial charge is 0.0511 e. The van der Waals surface area contributed by atoms with Crippen LogP contribution in [0, 0.1) is 19.8 Å². The number of nitrogens with one attached hydrogen (secondary N) is 1. The normalized spacial score (nSPS) is 20.8. The highest BCUT2D eigenvalue weighted by Crippen LogP contribution is 2.17. The van der Waals surface area contributed by atoms with Crippen molar-refractivity contribution in [2.24, 2.45) is 5.92 Å². The lowest BCUT2D eigenvalue weighted by Crippen LogP contribution is -2.24. The van der Waals surface area contributed by atoms with Gasteiger partial charge in [-0.05, 0) is 55.9 Å². The average Bonchev–Trinajstić information content (AvgIpc) is 2.27. The first-order chi connectivity index (χ1) is 7.74. The molecule has 0 aliphatic carbocycles. The number of rotatable bonds is 3. The third-order valence-corrected chi connectivity index (χ3v) is 3.07. The molecule has 0 amide bonds. The Labute approximate surface area is 98.0 Å². The van der Waals surface area contributed by atoms with Crippen LogP contribution in [0.1, 0.15) is 24.0 Å². The van der Waals surface area contributed by atoms with E-state index in [1.165, 1.54) is 29.7 Å². The van der Waals surface area contributed by atoms with Crippen LogP contribution in [0.2, 0.25) is 0 Å². The van der Waals surface area contributed by atoms with Gasteiger partial charge in [0.2, 0.25) is 0 Å².